The molecular formula is C17H25ClN2O3. The number of ether oxygens (including phenoxy) is 1. The minimum absolute atomic E-state index is 0.0544. The lowest BCUT2D eigenvalue weighted by molar-refractivity contribution is -0.131. The molecule has 0 aliphatic rings. The summed E-state index contributed by atoms with van der Waals surface area (Å²) in [4.78, 5) is 25.5. The second-order valence-electron chi connectivity index (χ2n) is 6.46. The van der Waals surface area contributed by atoms with Gasteiger partial charge in [-0.1, -0.05) is 32.4 Å². The fourth-order valence-electron chi connectivity index (χ4n) is 1.95. The molecule has 1 aromatic rings. The van der Waals surface area contributed by atoms with Crippen molar-refractivity contribution in [1.29, 1.82) is 0 Å². The topological polar surface area (TPSA) is 58.6 Å². The fourth-order valence-corrected chi connectivity index (χ4v) is 2.15. The molecule has 0 heterocycles. The number of amides is 2. The van der Waals surface area contributed by atoms with Gasteiger partial charge in [-0.3, -0.25) is 9.59 Å². The standard InChI is InChI=1S/C17H25ClN2O3/c1-17(2,3)16(22)19-9-8-15(21)20(4)11-12-10-13(18)6-7-14(12)23-5/h6-7,10H,8-9,11H2,1-5H3,(H,19,22). The lowest BCUT2D eigenvalue weighted by Crippen LogP contribution is -2.37. The molecule has 0 bridgehead atoms. The molecule has 5 nitrogen and oxygen atoms in total. The number of rotatable bonds is 6. The molecule has 0 aliphatic carbocycles. The predicted octanol–water partition coefficient (Wildman–Crippen LogP) is 2.86. The maximum Gasteiger partial charge on any atom is 0.225 e. The highest BCUT2D eigenvalue weighted by atomic mass is 35.5. The van der Waals surface area contributed by atoms with Crippen molar-refractivity contribution in [3.05, 3.63) is 28.8 Å². The van der Waals surface area contributed by atoms with Crippen molar-refractivity contribution in [1.82, 2.24) is 10.2 Å². The van der Waals surface area contributed by atoms with Gasteiger partial charge < -0.3 is 15.0 Å². The summed E-state index contributed by atoms with van der Waals surface area (Å²) in [5.74, 6) is 0.570. The van der Waals surface area contributed by atoms with Crippen molar-refractivity contribution in [3.8, 4) is 5.75 Å². The summed E-state index contributed by atoms with van der Waals surface area (Å²) in [6, 6.07) is 5.30. The van der Waals surface area contributed by atoms with Crippen LogP contribution >= 0.6 is 11.6 Å². The number of nitrogens with one attached hydrogen (secondary N) is 1. The molecule has 0 saturated heterocycles. The number of nitrogens with zero attached hydrogens (tertiary/aromatic N) is 1. The molecule has 0 unspecified atom stereocenters. The maximum atomic E-state index is 12.2. The predicted molar refractivity (Wildman–Crippen MR) is 91.6 cm³/mol. The van der Waals surface area contributed by atoms with Crippen molar-refractivity contribution < 1.29 is 14.3 Å². The van der Waals surface area contributed by atoms with Gasteiger partial charge in [-0.15, -0.1) is 0 Å². The van der Waals surface area contributed by atoms with Crippen LogP contribution in [0.2, 0.25) is 5.02 Å². The van der Waals surface area contributed by atoms with Gasteiger partial charge in [0.15, 0.2) is 0 Å². The van der Waals surface area contributed by atoms with E-state index in [1.165, 1.54) is 0 Å². The lowest BCUT2D eigenvalue weighted by atomic mass is 9.96. The Labute approximate surface area is 142 Å². The molecule has 128 valence electrons. The number of benzene rings is 1. The summed E-state index contributed by atoms with van der Waals surface area (Å²) in [6.07, 6.45) is 0.251. The molecule has 0 spiro atoms. The van der Waals surface area contributed by atoms with Crippen LogP contribution in [0.4, 0.5) is 0 Å². The maximum absolute atomic E-state index is 12.2. The SMILES string of the molecule is COc1ccc(Cl)cc1CN(C)C(=O)CCNC(=O)C(C)(C)C. The van der Waals surface area contributed by atoms with Crippen LogP contribution in [-0.4, -0.2) is 37.4 Å². The highest BCUT2D eigenvalue weighted by molar-refractivity contribution is 6.30. The lowest BCUT2D eigenvalue weighted by Gasteiger charge is -2.20. The first-order valence-electron chi connectivity index (χ1n) is 7.50. The molecule has 0 radical (unpaired) electrons. The number of hydrogen-bond donors (Lipinski definition) is 1. The van der Waals surface area contributed by atoms with Crippen LogP contribution in [-0.2, 0) is 16.1 Å². The zero-order valence-electron chi connectivity index (χ0n) is 14.4. The third-order valence-electron chi connectivity index (χ3n) is 3.38. The van der Waals surface area contributed by atoms with Crippen molar-refractivity contribution in [2.75, 3.05) is 20.7 Å². The highest BCUT2D eigenvalue weighted by Crippen LogP contribution is 2.23. The normalized spacial score (nSPS) is 11.0. The van der Waals surface area contributed by atoms with Crippen LogP contribution in [0.1, 0.15) is 32.8 Å². The van der Waals surface area contributed by atoms with Crippen LogP contribution in [0.25, 0.3) is 0 Å². The Morgan fingerprint density at radius 3 is 2.52 bits per heavy atom. The minimum Gasteiger partial charge on any atom is -0.496 e. The first-order valence-corrected chi connectivity index (χ1v) is 7.87. The second kappa shape index (κ2) is 8.20. The van der Waals surface area contributed by atoms with Crippen molar-refractivity contribution >= 4 is 23.4 Å². The summed E-state index contributed by atoms with van der Waals surface area (Å²) in [5.41, 5.74) is 0.387. The van der Waals surface area contributed by atoms with Gasteiger partial charge in [0, 0.05) is 42.6 Å². The molecule has 2 amide bonds. The van der Waals surface area contributed by atoms with E-state index in [9.17, 15) is 9.59 Å². The van der Waals surface area contributed by atoms with Crippen molar-refractivity contribution in [2.45, 2.75) is 33.7 Å². The number of carbonyl (C=O) groups excluding carboxylic acids is 2. The minimum atomic E-state index is -0.455. The van der Waals surface area contributed by atoms with E-state index in [0.29, 0.717) is 23.9 Å². The Morgan fingerprint density at radius 1 is 1.30 bits per heavy atom. The third kappa shape index (κ3) is 6.10. The molecule has 0 aromatic heterocycles. The Hall–Kier alpha value is -1.75. The highest BCUT2D eigenvalue weighted by Gasteiger charge is 2.21. The van der Waals surface area contributed by atoms with Gasteiger partial charge in [-0.2, -0.15) is 0 Å². The first kappa shape index (κ1) is 19.3. The molecule has 23 heavy (non-hydrogen) atoms. The van der Waals surface area contributed by atoms with E-state index in [0.717, 1.165) is 5.56 Å². The van der Waals surface area contributed by atoms with Gasteiger partial charge in [0.05, 0.1) is 7.11 Å². The Morgan fingerprint density at radius 2 is 1.96 bits per heavy atom. The van der Waals surface area contributed by atoms with Crippen LogP contribution in [0.5, 0.6) is 5.75 Å². The second-order valence-corrected chi connectivity index (χ2v) is 6.90. The zero-order valence-corrected chi connectivity index (χ0v) is 15.2. The van der Waals surface area contributed by atoms with Gasteiger partial charge in [0.1, 0.15) is 5.75 Å². The smallest absolute Gasteiger partial charge is 0.225 e. The van der Waals surface area contributed by atoms with Gasteiger partial charge in [0.2, 0.25) is 11.8 Å². The van der Waals surface area contributed by atoms with Gasteiger partial charge in [-0.05, 0) is 18.2 Å². The molecule has 1 aromatic carbocycles. The van der Waals surface area contributed by atoms with E-state index in [4.69, 9.17) is 16.3 Å². The molecular weight excluding hydrogens is 316 g/mol. The number of halogens is 1. The molecule has 6 heteroatoms. The summed E-state index contributed by atoms with van der Waals surface area (Å²) in [6.45, 7) is 6.23. The van der Waals surface area contributed by atoms with Crippen LogP contribution in [0, 0.1) is 5.41 Å². The number of methoxy groups -OCH3 is 1. The Bertz CT molecular complexity index is 567. The van der Waals surface area contributed by atoms with E-state index in [2.05, 4.69) is 5.32 Å². The summed E-state index contributed by atoms with van der Waals surface area (Å²) >= 11 is 5.99. The summed E-state index contributed by atoms with van der Waals surface area (Å²) in [5, 5.41) is 3.37. The largest absolute Gasteiger partial charge is 0.496 e. The number of hydrogen-bond acceptors (Lipinski definition) is 3. The molecule has 0 aliphatic heterocycles. The summed E-state index contributed by atoms with van der Waals surface area (Å²) in [7, 11) is 3.30. The van der Waals surface area contributed by atoms with E-state index >= 15 is 0 Å². The van der Waals surface area contributed by atoms with Gasteiger partial charge in [-0.25, -0.2) is 0 Å². The van der Waals surface area contributed by atoms with E-state index in [-0.39, 0.29) is 18.2 Å². The van der Waals surface area contributed by atoms with E-state index in [1.54, 1.807) is 37.3 Å². The van der Waals surface area contributed by atoms with E-state index < -0.39 is 5.41 Å². The zero-order chi connectivity index (χ0) is 17.6. The first-order chi connectivity index (χ1) is 10.6. The monoisotopic (exact) mass is 340 g/mol. The third-order valence-corrected chi connectivity index (χ3v) is 3.62. The summed E-state index contributed by atoms with van der Waals surface area (Å²) < 4.78 is 5.28. The van der Waals surface area contributed by atoms with Gasteiger partial charge in [0.25, 0.3) is 0 Å². The van der Waals surface area contributed by atoms with Gasteiger partial charge >= 0.3 is 0 Å². The molecule has 0 fully saturated rings. The Balaban J connectivity index is 2.55. The van der Waals surface area contributed by atoms with Crippen LogP contribution in [0.3, 0.4) is 0 Å². The molecule has 1 N–H and O–H groups in total. The average Bonchev–Trinajstić information content (AvgIpc) is 2.46. The average molecular weight is 341 g/mol. The van der Waals surface area contributed by atoms with Crippen molar-refractivity contribution in [3.63, 3.8) is 0 Å². The molecule has 0 atom stereocenters. The quantitative estimate of drug-likeness (QED) is 0.866. The fraction of sp³-hybridized carbons (Fsp3) is 0.529. The molecule has 0 saturated carbocycles. The van der Waals surface area contributed by atoms with Crippen LogP contribution in [0.15, 0.2) is 18.2 Å². The number of carbonyl (C=O) groups is 2. The van der Waals surface area contributed by atoms with E-state index in [1.807, 2.05) is 20.8 Å². The van der Waals surface area contributed by atoms with Crippen molar-refractivity contribution in [2.24, 2.45) is 5.41 Å². The Kier molecular flexibility index (Phi) is 6.88. The van der Waals surface area contributed by atoms with Crippen LogP contribution < -0.4 is 10.1 Å². The molecule has 1 rings (SSSR count).